The number of carbonyl (C=O) groups is 1. The third-order valence-electron chi connectivity index (χ3n) is 3.44. The Bertz CT molecular complexity index is 443. The van der Waals surface area contributed by atoms with E-state index >= 15 is 0 Å². The highest BCUT2D eigenvalue weighted by Crippen LogP contribution is 2.32. The average Bonchev–Trinajstić information content (AvgIpc) is 2.26. The molecule has 2 nitrogen and oxygen atoms in total. The Balaban J connectivity index is 2.43. The average molecular weight is 231 g/mol. The van der Waals surface area contributed by atoms with Crippen LogP contribution < -0.4 is 4.90 Å². The number of benzene rings is 1. The van der Waals surface area contributed by atoms with Gasteiger partial charge in [-0.3, -0.25) is 4.79 Å². The smallest absolute Gasteiger partial charge is 0.223 e. The van der Waals surface area contributed by atoms with E-state index in [-0.39, 0.29) is 11.3 Å². The van der Waals surface area contributed by atoms with Crippen LogP contribution >= 0.6 is 0 Å². The summed E-state index contributed by atoms with van der Waals surface area (Å²) in [5, 5.41) is 0. The third kappa shape index (κ3) is 2.36. The summed E-state index contributed by atoms with van der Waals surface area (Å²) in [5.74, 6) is 0.148. The van der Waals surface area contributed by atoms with Crippen LogP contribution in [-0.2, 0) is 16.6 Å². The maximum Gasteiger partial charge on any atom is 0.223 e. The van der Waals surface area contributed by atoms with Gasteiger partial charge >= 0.3 is 0 Å². The predicted octanol–water partition coefficient (Wildman–Crippen LogP) is 3.28. The van der Waals surface area contributed by atoms with E-state index in [1.165, 1.54) is 11.1 Å². The van der Waals surface area contributed by atoms with E-state index in [0.717, 1.165) is 25.1 Å². The van der Waals surface area contributed by atoms with E-state index in [1.54, 1.807) is 6.92 Å². The Morgan fingerprint density at radius 1 is 1.29 bits per heavy atom. The van der Waals surface area contributed by atoms with Crippen LogP contribution in [0.15, 0.2) is 18.2 Å². The van der Waals surface area contributed by atoms with Crippen LogP contribution in [0.25, 0.3) is 0 Å². The number of hydrogen-bond acceptors (Lipinski definition) is 1. The summed E-state index contributed by atoms with van der Waals surface area (Å²) in [5.41, 5.74) is 3.95. The van der Waals surface area contributed by atoms with Crippen LogP contribution in [0.1, 0.15) is 45.2 Å². The van der Waals surface area contributed by atoms with Gasteiger partial charge in [0.15, 0.2) is 0 Å². The Morgan fingerprint density at radius 3 is 2.59 bits per heavy atom. The summed E-state index contributed by atoms with van der Waals surface area (Å²) in [7, 11) is 0. The summed E-state index contributed by atoms with van der Waals surface area (Å²) in [6, 6.07) is 6.53. The predicted molar refractivity (Wildman–Crippen MR) is 71.5 cm³/mol. The Labute approximate surface area is 104 Å². The van der Waals surface area contributed by atoms with Gasteiger partial charge in [-0.05, 0) is 35.4 Å². The van der Waals surface area contributed by atoms with Gasteiger partial charge in [0.1, 0.15) is 0 Å². The van der Waals surface area contributed by atoms with Crippen molar-refractivity contribution in [3.05, 3.63) is 29.3 Å². The maximum absolute atomic E-state index is 11.6. The molecule has 1 aliphatic heterocycles. The van der Waals surface area contributed by atoms with E-state index in [0.29, 0.717) is 0 Å². The first-order chi connectivity index (χ1) is 7.89. The molecular formula is C15H21NO. The molecule has 2 heteroatoms. The summed E-state index contributed by atoms with van der Waals surface area (Å²) in [4.78, 5) is 13.5. The lowest BCUT2D eigenvalue weighted by molar-refractivity contribution is -0.116. The lowest BCUT2D eigenvalue weighted by atomic mass is 9.84. The lowest BCUT2D eigenvalue weighted by Gasteiger charge is -2.30. The van der Waals surface area contributed by atoms with Crippen LogP contribution in [0.4, 0.5) is 5.69 Å². The molecule has 0 aromatic heterocycles. The highest BCUT2D eigenvalue weighted by atomic mass is 16.2. The van der Waals surface area contributed by atoms with Crippen molar-refractivity contribution < 1.29 is 4.79 Å². The van der Waals surface area contributed by atoms with Crippen molar-refractivity contribution in [3.8, 4) is 0 Å². The van der Waals surface area contributed by atoms with Crippen LogP contribution in [0.3, 0.4) is 0 Å². The van der Waals surface area contributed by atoms with Crippen molar-refractivity contribution in [1.29, 1.82) is 0 Å². The molecule has 0 N–H and O–H groups in total. The Morgan fingerprint density at radius 2 is 2.00 bits per heavy atom. The topological polar surface area (TPSA) is 20.3 Å². The standard InChI is InChI=1S/C15H21NO/c1-11(17)16-9-5-6-12-10-13(15(2,3)4)7-8-14(12)16/h7-8,10H,5-6,9H2,1-4H3. The minimum Gasteiger partial charge on any atom is -0.312 e. The second kappa shape index (κ2) is 4.17. The van der Waals surface area contributed by atoms with E-state index in [2.05, 4.69) is 39.0 Å². The minimum atomic E-state index is 0.148. The SMILES string of the molecule is CC(=O)N1CCCc2cc(C(C)(C)C)ccc21. The lowest BCUT2D eigenvalue weighted by Crippen LogP contribution is -2.33. The van der Waals surface area contributed by atoms with Crippen molar-refractivity contribution in [2.75, 3.05) is 11.4 Å². The second-order valence-electron chi connectivity index (χ2n) is 5.87. The second-order valence-corrected chi connectivity index (χ2v) is 5.87. The zero-order chi connectivity index (χ0) is 12.6. The van der Waals surface area contributed by atoms with Gasteiger partial charge in [0.05, 0.1) is 0 Å². The molecule has 0 unspecified atom stereocenters. The fraction of sp³-hybridized carbons (Fsp3) is 0.533. The molecule has 17 heavy (non-hydrogen) atoms. The van der Waals surface area contributed by atoms with E-state index in [1.807, 2.05) is 4.90 Å². The molecule has 1 amide bonds. The van der Waals surface area contributed by atoms with Crippen LogP contribution in [0.5, 0.6) is 0 Å². The van der Waals surface area contributed by atoms with Gasteiger partial charge in [-0.2, -0.15) is 0 Å². The number of fused-ring (bicyclic) bond motifs is 1. The molecule has 1 heterocycles. The summed E-state index contributed by atoms with van der Waals surface area (Å²) in [6.07, 6.45) is 2.16. The molecule has 92 valence electrons. The molecule has 0 saturated heterocycles. The van der Waals surface area contributed by atoms with Crippen molar-refractivity contribution in [2.24, 2.45) is 0 Å². The van der Waals surface area contributed by atoms with Gasteiger partial charge in [-0.15, -0.1) is 0 Å². The quantitative estimate of drug-likeness (QED) is 0.671. The molecule has 0 spiro atoms. The molecular weight excluding hydrogens is 210 g/mol. The molecule has 1 aromatic carbocycles. The molecule has 1 aliphatic rings. The third-order valence-corrected chi connectivity index (χ3v) is 3.44. The zero-order valence-corrected chi connectivity index (χ0v) is 11.2. The molecule has 0 aliphatic carbocycles. The van der Waals surface area contributed by atoms with Gasteiger partial charge in [-0.25, -0.2) is 0 Å². The van der Waals surface area contributed by atoms with Crippen LogP contribution in [-0.4, -0.2) is 12.5 Å². The largest absolute Gasteiger partial charge is 0.312 e. The maximum atomic E-state index is 11.6. The fourth-order valence-electron chi connectivity index (χ4n) is 2.39. The fourth-order valence-corrected chi connectivity index (χ4v) is 2.39. The summed E-state index contributed by atoms with van der Waals surface area (Å²) in [6.45, 7) is 9.17. The molecule has 1 aromatic rings. The number of nitrogens with zero attached hydrogens (tertiary/aromatic N) is 1. The van der Waals surface area contributed by atoms with Crippen molar-refractivity contribution in [1.82, 2.24) is 0 Å². The number of aryl methyl sites for hydroxylation is 1. The number of anilines is 1. The van der Waals surface area contributed by atoms with Gasteiger partial charge in [-0.1, -0.05) is 32.9 Å². The summed E-state index contributed by atoms with van der Waals surface area (Å²) < 4.78 is 0. The minimum absolute atomic E-state index is 0.148. The van der Waals surface area contributed by atoms with Crippen LogP contribution in [0, 0.1) is 0 Å². The van der Waals surface area contributed by atoms with Gasteiger partial charge in [0.25, 0.3) is 0 Å². The molecule has 0 radical (unpaired) electrons. The number of rotatable bonds is 0. The molecule has 0 bridgehead atoms. The monoisotopic (exact) mass is 231 g/mol. The van der Waals surface area contributed by atoms with Crippen molar-refractivity contribution >= 4 is 11.6 Å². The van der Waals surface area contributed by atoms with Crippen molar-refractivity contribution in [3.63, 3.8) is 0 Å². The molecule has 0 atom stereocenters. The number of carbonyl (C=O) groups excluding carboxylic acids is 1. The highest BCUT2D eigenvalue weighted by Gasteiger charge is 2.22. The van der Waals surface area contributed by atoms with Crippen LogP contribution in [0.2, 0.25) is 0 Å². The first-order valence-electron chi connectivity index (χ1n) is 6.31. The number of hydrogen-bond donors (Lipinski definition) is 0. The Kier molecular flexibility index (Phi) is 2.98. The molecule has 2 rings (SSSR count). The van der Waals surface area contributed by atoms with E-state index in [4.69, 9.17) is 0 Å². The van der Waals surface area contributed by atoms with E-state index < -0.39 is 0 Å². The van der Waals surface area contributed by atoms with Crippen molar-refractivity contribution in [2.45, 2.75) is 46.0 Å². The zero-order valence-electron chi connectivity index (χ0n) is 11.2. The number of amides is 1. The molecule has 0 fully saturated rings. The molecule has 0 saturated carbocycles. The highest BCUT2D eigenvalue weighted by molar-refractivity contribution is 5.92. The summed E-state index contributed by atoms with van der Waals surface area (Å²) >= 11 is 0. The Hall–Kier alpha value is -1.31. The first-order valence-corrected chi connectivity index (χ1v) is 6.31. The van der Waals surface area contributed by atoms with Gasteiger partial charge < -0.3 is 4.90 Å². The first kappa shape index (κ1) is 12.2. The normalized spacial score (nSPS) is 15.6. The van der Waals surface area contributed by atoms with Gasteiger partial charge in [0, 0.05) is 19.2 Å². The van der Waals surface area contributed by atoms with E-state index in [9.17, 15) is 4.79 Å². The van der Waals surface area contributed by atoms with Gasteiger partial charge in [0.2, 0.25) is 5.91 Å².